The fourth-order valence-corrected chi connectivity index (χ4v) is 5.04. The van der Waals surface area contributed by atoms with Crippen LogP contribution < -0.4 is 4.74 Å². The Bertz CT molecular complexity index is 1360. The highest BCUT2D eigenvalue weighted by Crippen LogP contribution is 2.32. The Balaban J connectivity index is 1.31. The second-order valence-corrected chi connectivity index (χ2v) is 9.86. The molecule has 196 valence electrons. The number of carbonyl (C=O) groups excluding carboxylic acids is 1. The van der Waals surface area contributed by atoms with E-state index in [1.165, 1.54) is 24.3 Å². The van der Waals surface area contributed by atoms with Crippen LogP contribution in [0.1, 0.15) is 39.0 Å². The molecule has 1 aliphatic carbocycles. The monoisotopic (exact) mass is 516 g/mol. The Kier molecular flexibility index (Phi) is 7.86. The highest BCUT2D eigenvalue weighted by atomic mass is 19.1. The van der Waals surface area contributed by atoms with Crippen molar-refractivity contribution >= 4 is 5.78 Å². The van der Waals surface area contributed by atoms with Gasteiger partial charge in [0, 0.05) is 29.3 Å². The zero-order chi connectivity index (χ0) is 26.5. The van der Waals surface area contributed by atoms with Gasteiger partial charge in [-0.05, 0) is 92.6 Å². The normalized spacial score (nSPS) is 18.5. The summed E-state index contributed by atoms with van der Waals surface area (Å²) in [6, 6.07) is 17.5. The second-order valence-electron chi connectivity index (χ2n) is 9.86. The fourth-order valence-electron chi connectivity index (χ4n) is 5.04. The number of halogens is 2. The van der Waals surface area contributed by atoms with Gasteiger partial charge >= 0.3 is 0 Å². The molecule has 1 aliphatic rings. The second kappa shape index (κ2) is 11.6. The lowest BCUT2D eigenvalue weighted by Crippen LogP contribution is -2.26. The van der Waals surface area contributed by atoms with Crippen molar-refractivity contribution in [1.29, 1.82) is 0 Å². The lowest BCUT2D eigenvalue weighted by molar-refractivity contribution is -0.124. The molecule has 0 radical (unpaired) electrons. The molecule has 0 bridgehead atoms. The predicted molar refractivity (Wildman–Crippen MR) is 140 cm³/mol. The maximum absolute atomic E-state index is 13.6. The zero-order valence-electron chi connectivity index (χ0n) is 21.3. The van der Waals surface area contributed by atoms with Crippen LogP contribution in [-0.4, -0.2) is 31.6 Å². The number of Topliss-reactive ketones (excluding diaryl/α,β-unsaturated/α-hetero) is 1. The van der Waals surface area contributed by atoms with E-state index in [4.69, 9.17) is 4.74 Å². The van der Waals surface area contributed by atoms with Gasteiger partial charge in [0.05, 0.1) is 0 Å². The third kappa shape index (κ3) is 6.13. The van der Waals surface area contributed by atoms with E-state index in [2.05, 4.69) is 15.1 Å². The third-order valence-electron chi connectivity index (χ3n) is 7.28. The lowest BCUT2D eigenvalue weighted by atomic mass is 9.84. The van der Waals surface area contributed by atoms with Crippen molar-refractivity contribution in [3.63, 3.8) is 0 Å². The van der Waals surface area contributed by atoms with Gasteiger partial charge < -0.3 is 4.74 Å². The minimum absolute atomic E-state index is 0.0481. The van der Waals surface area contributed by atoms with Gasteiger partial charge in [0.1, 0.15) is 24.3 Å². The molecule has 0 spiro atoms. The molecular weight excluding hydrogens is 486 g/mol. The first kappa shape index (κ1) is 25.7. The van der Waals surface area contributed by atoms with E-state index in [1.807, 2.05) is 25.1 Å². The van der Waals surface area contributed by atoms with E-state index >= 15 is 0 Å². The standard InChI is InChI=1S/C30H30F2N4O2/c1-20(21-5-4-6-26(17-12-21)38-28-7-2-3-18-33-28)27(37)19-36-30(23-10-15-25(32)16-11-23)34-29(35-36)22-8-13-24(31)14-9-22/h2-3,7-11,13-16,18,20-21,26H,4-6,12,17,19H2,1H3. The quantitative estimate of drug-likeness (QED) is 0.250. The largest absolute Gasteiger partial charge is 0.474 e. The number of nitrogens with zero attached hydrogens (tertiary/aromatic N) is 4. The summed E-state index contributed by atoms with van der Waals surface area (Å²) in [6.07, 6.45) is 6.46. The van der Waals surface area contributed by atoms with Crippen molar-refractivity contribution in [1.82, 2.24) is 19.7 Å². The van der Waals surface area contributed by atoms with Crippen molar-refractivity contribution in [2.45, 2.75) is 51.7 Å². The summed E-state index contributed by atoms with van der Waals surface area (Å²) in [5.74, 6) is 0.921. The number of rotatable bonds is 8. The molecule has 5 rings (SSSR count). The smallest absolute Gasteiger partial charge is 0.213 e. The number of ether oxygens (including phenoxy) is 1. The molecule has 2 aromatic heterocycles. The first-order valence-electron chi connectivity index (χ1n) is 13.0. The molecule has 6 nitrogen and oxygen atoms in total. The molecule has 2 aromatic carbocycles. The summed E-state index contributed by atoms with van der Waals surface area (Å²) in [5.41, 5.74) is 1.29. The minimum atomic E-state index is -0.359. The molecule has 1 saturated carbocycles. The van der Waals surface area contributed by atoms with Crippen LogP contribution in [0.4, 0.5) is 8.78 Å². The van der Waals surface area contributed by atoms with Crippen molar-refractivity contribution in [2.75, 3.05) is 0 Å². The van der Waals surface area contributed by atoms with E-state index < -0.39 is 0 Å². The van der Waals surface area contributed by atoms with Crippen LogP contribution in [-0.2, 0) is 11.3 Å². The number of benzene rings is 2. The molecule has 4 aromatic rings. The summed E-state index contributed by atoms with van der Waals surface area (Å²) in [6.45, 7) is 2.04. The molecule has 3 unspecified atom stereocenters. The molecule has 1 fully saturated rings. The van der Waals surface area contributed by atoms with E-state index in [1.54, 1.807) is 35.1 Å². The van der Waals surface area contributed by atoms with Crippen LogP contribution in [0, 0.1) is 23.5 Å². The van der Waals surface area contributed by atoms with Crippen LogP contribution in [0.25, 0.3) is 22.8 Å². The molecule has 8 heteroatoms. The first-order chi connectivity index (χ1) is 18.5. The van der Waals surface area contributed by atoms with Gasteiger partial charge in [0.15, 0.2) is 17.4 Å². The van der Waals surface area contributed by atoms with Gasteiger partial charge in [-0.2, -0.15) is 0 Å². The molecule has 3 atom stereocenters. The molecular formula is C30H30F2N4O2. The topological polar surface area (TPSA) is 69.9 Å². The number of hydrogen-bond acceptors (Lipinski definition) is 5. The molecule has 0 amide bonds. The highest BCUT2D eigenvalue weighted by molar-refractivity contribution is 5.81. The van der Waals surface area contributed by atoms with Crippen molar-refractivity contribution in [3.8, 4) is 28.7 Å². The number of aromatic nitrogens is 4. The van der Waals surface area contributed by atoms with E-state index in [9.17, 15) is 13.6 Å². The summed E-state index contributed by atoms with van der Waals surface area (Å²) >= 11 is 0. The lowest BCUT2D eigenvalue weighted by Gasteiger charge is -2.22. The SMILES string of the molecule is CC(C(=O)Cn1nc(-c2ccc(F)cc2)nc1-c1ccc(F)cc1)C1CCCC(Oc2ccccn2)CC1. The van der Waals surface area contributed by atoms with Gasteiger partial charge in [-0.1, -0.05) is 13.0 Å². The number of carbonyl (C=O) groups is 1. The molecule has 2 heterocycles. The van der Waals surface area contributed by atoms with Crippen molar-refractivity contribution in [3.05, 3.63) is 84.6 Å². The number of hydrogen-bond donors (Lipinski definition) is 0. The zero-order valence-corrected chi connectivity index (χ0v) is 21.3. The predicted octanol–water partition coefficient (Wildman–Crippen LogP) is 6.52. The Morgan fingerprint density at radius 2 is 1.66 bits per heavy atom. The average Bonchev–Trinajstić information content (AvgIpc) is 3.20. The molecule has 0 aliphatic heterocycles. The van der Waals surface area contributed by atoms with Gasteiger partial charge in [0.25, 0.3) is 0 Å². The molecule has 0 saturated heterocycles. The van der Waals surface area contributed by atoms with E-state index in [0.29, 0.717) is 28.7 Å². The Morgan fingerprint density at radius 3 is 2.34 bits per heavy atom. The summed E-state index contributed by atoms with van der Waals surface area (Å²) in [5, 5.41) is 4.60. The van der Waals surface area contributed by atoms with Crippen LogP contribution in [0.15, 0.2) is 72.9 Å². The summed E-state index contributed by atoms with van der Waals surface area (Å²) in [7, 11) is 0. The Hall–Kier alpha value is -3.94. The third-order valence-corrected chi connectivity index (χ3v) is 7.28. The van der Waals surface area contributed by atoms with Crippen molar-refractivity contribution in [2.24, 2.45) is 11.8 Å². The van der Waals surface area contributed by atoms with Gasteiger partial charge in [-0.3, -0.25) is 4.79 Å². The first-order valence-corrected chi connectivity index (χ1v) is 13.0. The van der Waals surface area contributed by atoms with E-state index in [-0.39, 0.29) is 41.9 Å². The van der Waals surface area contributed by atoms with Crippen LogP contribution >= 0.6 is 0 Å². The number of ketones is 1. The Morgan fingerprint density at radius 1 is 0.947 bits per heavy atom. The fraction of sp³-hybridized carbons (Fsp3) is 0.333. The summed E-state index contributed by atoms with van der Waals surface area (Å²) < 4.78 is 34.7. The van der Waals surface area contributed by atoms with Crippen LogP contribution in [0.2, 0.25) is 0 Å². The molecule has 38 heavy (non-hydrogen) atoms. The van der Waals surface area contributed by atoms with Gasteiger partial charge in [-0.25, -0.2) is 23.4 Å². The Labute approximate surface area is 220 Å². The van der Waals surface area contributed by atoms with Gasteiger partial charge in [0.2, 0.25) is 5.88 Å². The maximum Gasteiger partial charge on any atom is 0.213 e. The van der Waals surface area contributed by atoms with Crippen molar-refractivity contribution < 1.29 is 18.3 Å². The van der Waals surface area contributed by atoms with Crippen LogP contribution in [0.3, 0.4) is 0 Å². The van der Waals surface area contributed by atoms with Gasteiger partial charge in [-0.15, -0.1) is 5.10 Å². The minimum Gasteiger partial charge on any atom is -0.474 e. The average molecular weight is 517 g/mol. The molecule has 0 N–H and O–H groups in total. The maximum atomic E-state index is 13.6. The number of pyridine rings is 1. The summed E-state index contributed by atoms with van der Waals surface area (Å²) in [4.78, 5) is 22.4. The van der Waals surface area contributed by atoms with Crippen LogP contribution in [0.5, 0.6) is 5.88 Å². The van der Waals surface area contributed by atoms with E-state index in [0.717, 1.165) is 32.1 Å². The highest BCUT2D eigenvalue weighted by Gasteiger charge is 2.29.